The van der Waals surface area contributed by atoms with Crippen molar-refractivity contribution in [3.8, 4) is 0 Å². The average Bonchev–Trinajstić information content (AvgIpc) is 1.87. The van der Waals surface area contributed by atoms with Gasteiger partial charge in [-0.05, 0) is 0 Å². The lowest BCUT2D eigenvalue weighted by atomic mass is 10.7. The van der Waals surface area contributed by atoms with E-state index in [1.165, 1.54) is 7.05 Å². The first-order chi connectivity index (χ1) is 4.20. The molecule has 0 spiro atoms. The van der Waals surface area contributed by atoms with Crippen LogP contribution in [0, 0.1) is 0 Å². The topological polar surface area (TPSA) is 81.4 Å². The Balaban J connectivity index is 3.47. The number of hydrogen-bond donors (Lipinski definition) is 2. The number of amides is 1. The summed E-state index contributed by atoms with van der Waals surface area (Å²) in [6, 6.07) is 0. The van der Waals surface area contributed by atoms with Crippen molar-refractivity contribution in [2.24, 2.45) is 5.73 Å². The van der Waals surface area contributed by atoms with Gasteiger partial charge in [-0.1, -0.05) is 0 Å². The van der Waals surface area contributed by atoms with Crippen LogP contribution in [-0.2, 0) is 9.53 Å². The third kappa shape index (κ3) is 3.48. The lowest BCUT2D eigenvalue weighted by Crippen LogP contribution is -2.26. The van der Waals surface area contributed by atoms with Crippen LogP contribution in [0.5, 0.6) is 0 Å². The maximum atomic E-state index is 10.2. The van der Waals surface area contributed by atoms with Gasteiger partial charge in [0, 0.05) is 7.05 Å². The minimum Gasteiger partial charge on any atom is -0.375 e. The van der Waals surface area contributed by atoms with Crippen LogP contribution in [0.15, 0.2) is 0 Å². The summed E-state index contributed by atoms with van der Waals surface area (Å²) >= 11 is 0. The molecule has 5 heteroatoms. The highest BCUT2D eigenvalue weighted by Crippen LogP contribution is 1.74. The summed E-state index contributed by atoms with van der Waals surface area (Å²) in [6.45, 7) is -0.284. The molecule has 0 aromatic heterocycles. The Morgan fingerprint density at radius 2 is 2.22 bits per heavy atom. The fourth-order valence-electron chi connectivity index (χ4n) is 0.196. The van der Waals surface area contributed by atoms with Crippen molar-refractivity contribution in [3.63, 3.8) is 0 Å². The molecule has 0 fully saturated rings. The van der Waals surface area contributed by atoms with E-state index < -0.39 is 12.1 Å². The van der Waals surface area contributed by atoms with Gasteiger partial charge in [0.15, 0.2) is 0 Å². The van der Waals surface area contributed by atoms with Gasteiger partial charge in [0.1, 0.15) is 0 Å². The molecule has 0 aromatic carbocycles. The summed E-state index contributed by atoms with van der Waals surface area (Å²) < 4.78 is 4.03. The first-order valence-corrected chi connectivity index (χ1v) is 2.33. The zero-order chi connectivity index (χ0) is 7.28. The average molecular weight is 132 g/mol. The van der Waals surface area contributed by atoms with Gasteiger partial charge in [0.05, 0.1) is 6.54 Å². The number of ether oxygens (including phenoxy) is 1. The number of esters is 1. The fraction of sp³-hybridized carbons (Fsp3) is 0.500. The molecular formula is C4H8N2O3. The number of alkyl carbamates (subject to hydrolysis) is 1. The van der Waals surface area contributed by atoms with E-state index in [1.807, 2.05) is 0 Å². The second kappa shape index (κ2) is 3.85. The summed E-state index contributed by atoms with van der Waals surface area (Å²) in [5.74, 6) is -0.741. The monoisotopic (exact) mass is 132 g/mol. The van der Waals surface area contributed by atoms with E-state index in [2.05, 4.69) is 10.1 Å². The van der Waals surface area contributed by atoms with Gasteiger partial charge in [-0.2, -0.15) is 0 Å². The Morgan fingerprint density at radius 3 is 2.56 bits per heavy atom. The third-order valence-corrected chi connectivity index (χ3v) is 0.577. The molecular weight excluding hydrogens is 124 g/mol. The molecule has 3 N–H and O–H groups in total. The Hall–Kier alpha value is -1.10. The van der Waals surface area contributed by atoms with Crippen LogP contribution in [0.4, 0.5) is 4.79 Å². The molecule has 0 aliphatic heterocycles. The second-order valence-corrected chi connectivity index (χ2v) is 1.22. The molecule has 9 heavy (non-hydrogen) atoms. The van der Waals surface area contributed by atoms with Crippen LogP contribution < -0.4 is 11.1 Å². The molecule has 1 amide bonds. The number of rotatable bonds is 1. The second-order valence-electron chi connectivity index (χ2n) is 1.22. The Morgan fingerprint density at radius 1 is 1.67 bits per heavy atom. The lowest BCUT2D eigenvalue weighted by molar-refractivity contribution is -0.135. The zero-order valence-corrected chi connectivity index (χ0v) is 5.01. The van der Waals surface area contributed by atoms with Crippen molar-refractivity contribution in [2.75, 3.05) is 13.6 Å². The molecule has 0 heterocycles. The maximum absolute atomic E-state index is 10.2. The molecule has 0 aromatic rings. The van der Waals surface area contributed by atoms with Crippen LogP contribution in [0.1, 0.15) is 0 Å². The van der Waals surface area contributed by atoms with Crippen molar-refractivity contribution in [3.05, 3.63) is 0 Å². The molecule has 0 atom stereocenters. The van der Waals surface area contributed by atoms with E-state index in [1.54, 1.807) is 0 Å². The van der Waals surface area contributed by atoms with E-state index in [-0.39, 0.29) is 6.54 Å². The van der Waals surface area contributed by atoms with Crippen LogP contribution in [-0.4, -0.2) is 25.7 Å². The highest BCUT2D eigenvalue weighted by Gasteiger charge is 2.03. The SMILES string of the molecule is CNC(=O)OC(=O)CN. The quantitative estimate of drug-likeness (QED) is 0.348. The minimum absolute atomic E-state index is 0.284. The van der Waals surface area contributed by atoms with Gasteiger partial charge in [0.25, 0.3) is 0 Å². The van der Waals surface area contributed by atoms with E-state index in [9.17, 15) is 9.59 Å². The van der Waals surface area contributed by atoms with Crippen LogP contribution in [0.2, 0.25) is 0 Å². The summed E-state index contributed by atoms with van der Waals surface area (Å²) in [6.07, 6.45) is -0.787. The van der Waals surface area contributed by atoms with E-state index in [0.29, 0.717) is 0 Å². The highest BCUT2D eigenvalue weighted by molar-refractivity contribution is 5.85. The van der Waals surface area contributed by atoms with Crippen molar-refractivity contribution in [1.82, 2.24) is 5.32 Å². The van der Waals surface area contributed by atoms with Gasteiger partial charge in [-0.25, -0.2) is 4.79 Å². The third-order valence-electron chi connectivity index (χ3n) is 0.577. The Bertz CT molecular complexity index is 109. The molecule has 0 saturated heterocycles. The first-order valence-electron chi connectivity index (χ1n) is 2.33. The van der Waals surface area contributed by atoms with Crippen LogP contribution in [0.3, 0.4) is 0 Å². The molecule has 0 aliphatic carbocycles. The molecule has 5 nitrogen and oxygen atoms in total. The van der Waals surface area contributed by atoms with Crippen molar-refractivity contribution in [1.29, 1.82) is 0 Å². The van der Waals surface area contributed by atoms with Gasteiger partial charge in [-0.3, -0.25) is 4.79 Å². The number of nitrogens with one attached hydrogen (secondary N) is 1. The largest absolute Gasteiger partial charge is 0.414 e. The number of hydrogen-bond acceptors (Lipinski definition) is 4. The fourth-order valence-corrected chi connectivity index (χ4v) is 0.196. The zero-order valence-electron chi connectivity index (χ0n) is 5.01. The number of nitrogens with two attached hydrogens (primary N) is 1. The molecule has 0 saturated carbocycles. The molecule has 0 aliphatic rings. The van der Waals surface area contributed by atoms with Gasteiger partial charge >= 0.3 is 12.1 Å². The van der Waals surface area contributed by atoms with E-state index in [0.717, 1.165) is 0 Å². The van der Waals surface area contributed by atoms with E-state index in [4.69, 9.17) is 5.73 Å². The van der Waals surface area contributed by atoms with Crippen molar-refractivity contribution < 1.29 is 14.3 Å². The molecule has 52 valence electrons. The summed E-state index contributed by atoms with van der Waals surface area (Å²) in [5, 5.41) is 2.09. The van der Waals surface area contributed by atoms with E-state index >= 15 is 0 Å². The van der Waals surface area contributed by atoms with Crippen LogP contribution in [0.25, 0.3) is 0 Å². The number of carbonyl (C=O) groups is 2. The lowest BCUT2D eigenvalue weighted by Gasteiger charge is -1.96. The van der Waals surface area contributed by atoms with Crippen molar-refractivity contribution >= 4 is 12.1 Å². The van der Waals surface area contributed by atoms with Crippen LogP contribution >= 0.6 is 0 Å². The number of carbonyl (C=O) groups excluding carboxylic acids is 2. The Kier molecular flexibility index (Phi) is 3.38. The van der Waals surface area contributed by atoms with Gasteiger partial charge in [0.2, 0.25) is 0 Å². The predicted molar refractivity (Wildman–Crippen MR) is 29.6 cm³/mol. The molecule has 0 bridgehead atoms. The van der Waals surface area contributed by atoms with Gasteiger partial charge in [-0.15, -0.1) is 0 Å². The Labute approximate surface area is 52.2 Å². The molecule has 0 radical (unpaired) electrons. The standard InChI is InChI=1S/C4H8N2O3/c1-6-4(8)9-3(7)2-5/h2,5H2,1H3,(H,6,8). The smallest absolute Gasteiger partial charge is 0.375 e. The van der Waals surface area contributed by atoms with Crippen molar-refractivity contribution in [2.45, 2.75) is 0 Å². The molecule has 0 rings (SSSR count). The molecule has 0 unspecified atom stereocenters. The predicted octanol–water partition coefficient (Wildman–Crippen LogP) is -1.17. The highest BCUT2D eigenvalue weighted by atomic mass is 16.6. The minimum atomic E-state index is -0.787. The summed E-state index contributed by atoms with van der Waals surface area (Å²) in [7, 11) is 1.35. The normalized spacial score (nSPS) is 8.22. The summed E-state index contributed by atoms with van der Waals surface area (Å²) in [4.78, 5) is 20.3. The van der Waals surface area contributed by atoms with Gasteiger partial charge < -0.3 is 15.8 Å². The first kappa shape index (κ1) is 7.90. The maximum Gasteiger partial charge on any atom is 0.414 e. The summed E-state index contributed by atoms with van der Waals surface area (Å²) in [5.41, 5.74) is 4.82.